The van der Waals surface area contributed by atoms with Crippen molar-refractivity contribution in [3.05, 3.63) is 0 Å². The van der Waals surface area contributed by atoms with Crippen LogP contribution in [0.25, 0.3) is 0 Å². The van der Waals surface area contributed by atoms with Gasteiger partial charge in [0.25, 0.3) is 0 Å². The zero-order chi connectivity index (χ0) is 3.54. The van der Waals surface area contributed by atoms with Gasteiger partial charge in [-0.3, -0.25) is 0 Å². The standard InChI is InChI=1S/C2H5N2S/c1-2-4-5-3-1/h3H,1-2H2. The smallest absolute Gasteiger partial charge is 0.0404 e. The summed E-state index contributed by atoms with van der Waals surface area (Å²) >= 11 is 1.45. The van der Waals surface area contributed by atoms with Gasteiger partial charge in [0.1, 0.15) is 0 Å². The molecule has 3 heteroatoms. The number of hydrogen-bond donors (Lipinski definition) is 1. The summed E-state index contributed by atoms with van der Waals surface area (Å²) in [7, 11) is 0. The second-order valence-electron chi connectivity index (χ2n) is 0.838. The third-order valence-electron chi connectivity index (χ3n) is 0.434. The summed E-state index contributed by atoms with van der Waals surface area (Å²) in [4.78, 5) is 0. The lowest BCUT2D eigenvalue weighted by atomic mass is 10.7. The summed E-state index contributed by atoms with van der Waals surface area (Å²) in [6, 6.07) is 0. The fraction of sp³-hybridized carbons (Fsp3) is 1.00. The molecule has 0 aromatic rings. The van der Waals surface area contributed by atoms with Gasteiger partial charge in [-0.15, -0.1) is 0 Å². The minimum atomic E-state index is 0.977. The van der Waals surface area contributed by atoms with Gasteiger partial charge in [-0.25, -0.2) is 4.72 Å². The molecule has 2 nitrogen and oxygen atoms in total. The number of rotatable bonds is 0. The van der Waals surface area contributed by atoms with Crippen molar-refractivity contribution in [2.24, 2.45) is 0 Å². The van der Waals surface area contributed by atoms with Gasteiger partial charge >= 0.3 is 0 Å². The van der Waals surface area contributed by atoms with Crippen molar-refractivity contribution in [1.29, 1.82) is 0 Å². The van der Waals surface area contributed by atoms with E-state index in [0.717, 1.165) is 13.1 Å². The Morgan fingerprint density at radius 1 is 1.80 bits per heavy atom. The zero-order valence-electron chi connectivity index (χ0n) is 2.77. The molecule has 1 N–H and O–H groups in total. The molecule has 1 rings (SSSR count). The molecule has 0 aromatic heterocycles. The largest absolute Gasteiger partial charge is 0.248 e. The molecule has 0 bridgehead atoms. The lowest BCUT2D eigenvalue weighted by Crippen LogP contribution is -1.96. The second-order valence-corrected chi connectivity index (χ2v) is 1.57. The Morgan fingerprint density at radius 3 is 3.00 bits per heavy atom. The van der Waals surface area contributed by atoms with Crippen LogP contribution in [0.3, 0.4) is 0 Å². The van der Waals surface area contributed by atoms with Crippen molar-refractivity contribution in [3.8, 4) is 0 Å². The summed E-state index contributed by atoms with van der Waals surface area (Å²) in [5.41, 5.74) is 0. The topological polar surface area (TPSA) is 26.1 Å². The summed E-state index contributed by atoms with van der Waals surface area (Å²) < 4.78 is 6.86. The highest BCUT2D eigenvalue weighted by Gasteiger charge is 1.94. The maximum atomic E-state index is 3.89. The van der Waals surface area contributed by atoms with Gasteiger partial charge in [-0.05, 0) is 0 Å². The van der Waals surface area contributed by atoms with Gasteiger partial charge in [-0.2, -0.15) is 4.72 Å². The Balaban J connectivity index is 2.08. The fourth-order valence-electron chi connectivity index (χ4n) is 0.228. The lowest BCUT2D eigenvalue weighted by Gasteiger charge is -1.72. The van der Waals surface area contributed by atoms with Crippen LogP contribution in [0.4, 0.5) is 0 Å². The molecule has 1 aliphatic heterocycles. The van der Waals surface area contributed by atoms with E-state index >= 15 is 0 Å². The summed E-state index contributed by atoms with van der Waals surface area (Å²) in [6.45, 7) is 2.02. The normalized spacial score (nSPS) is 24.0. The second kappa shape index (κ2) is 1.64. The van der Waals surface area contributed by atoms with E-state index in [-0.39, 0.29) is 0 Å². The van der Waals surface area contributed by atoms with Gasteiger partial charge in [0, 0.05) is 25.2 Å². The molecular weight excluding hydrogens is 84.1 g/mol. The number of nitrogens with zero attached hydrogens (tertiary/aromatic N) is 1. The van der Waals surface area contributed by atoms with E-state index in [1.165, 1.54) is 12.1 Å². The van der Waals surface area contributed by atoms with E-state index in [1.807, 2.05) is 0 Å². The van der Waals surface area contributed by atoms with Crippen molar-refractivity contribution < 1.29 is 0 Å². The quantitative estimate of drug-likeness (QED) is 0.414. The molecule has 0 aliphatic carbocycles. The Bertz CT molecular complexity index is 19.2. The molecule has 0 amide bonds. The molecule has 0 saturated carbocycles. The fourth-order valence-corrected chi connectivity index (χ4v) is 0.685. The predicted molar refractivity (Wildman–Crippen MR) is 22.6 cm³/mol. The van der Waals surface area contributed by atoms with Crippen LogP contribution in [-0.2, 0) is 0 Å². The van der Waals surface area contributed by atoms with Gasteiger partial charge in [-0.1, -0.05) is 0 Å². The molecule has 1 heterocycles. The Kier molecular flexibility index (Phi) is 1.14. The van der Waals surface area contributed by atoms with E-state index < -0.39 is 0 Å². The Labute approximate surface area is 35.6 Å². The van der Waals surface area contributed by atoms with E-state index in [1.54, 1.807) is 0 Å². The monoisotopic (exact) mass is 89.0 g/mol. The first kappa shape index (κ1) is 3.46. The molecule has 0 atom stereocenters. The molecule has 5 heavy (non-hydrogen) atoms. The minimum Gasteiger partial charge on any atom is -0.248 e. The first-order valence-corrected chi connectivity index (χ1v) is 2.33. The van der Waals surface area contributed by atoms with Crippen LogP contribution in [0.15, 0.2) is 0 Å². The summed E-state index contributed by atoms with van der Waals surface area (Å²) in [6.07, 6.45) is 0. The third kappa shape index (κ3) is 0.792. The van der Waals surface area contributed by atoms with Crippen LogP contribution in [0.1, 0.15) is 0 Å². The lowest BCUT2D eigenvalue weighted by molar-refractivity contribution is 0.934. The number of hydrogen-bond acceptors (Lipinski definition) is 2. The Morgan fingerprint density at radius 2 is 2.80 bits per heavy atom. The van der Waals surface area contributed by atoms with Crippen LogP contribution >= 0.6 is 12.1 Å². The Hall–Kier alpha value is 0.270. The summed E-state index contributed by atoms with van der Waals surface area (Å²) in [5.74, 6) is 0. The zero-order valence-corrected chi connectivity index (χ0v) is 3.59. The molecule has 1 fully saturated rings. The molecule has 0 unspecified atom stereocenters. The highest BCUT2D eigenvalue weighted by atomic mass is 32.2. The van der Waals surface area contributed by atoms with Crippen molar-refractivity contribution in [2.75, 3.05) is 13.1 Å². The number of nitrogens with one attached hydrogen (secondary N) is 1. The van der Waals surface area contributed by atoms with Crippen LogP contribution < -0.4 is 9.44 Å². The van der Waals surface area contributed by atoms with Gasteiger partial charge in [0.2, 0.25) is 0 Å². The summed E-state index contributed by atoms with van der Waals surface area (Å²) in [5, 5.41) is 0. The maximum Gasteiger partial charge on any atom is 0.0404 e. The first-order chi connectivity index (χ1) is 2.50. The van der Waals surface area contributed by atoms with Gasteiger partial charge < -0.3 is 0 Å². The SMILES string of the molecule is C1CNS[N]1. The van der Waals surface area contributed by atoms with E-state index in [2.05, 4.69) is 9.44 Å². The molecule has 29 valence electrons. The molecule has 1 saturated heterocycles. The van der Waals surface area contributed by atoms with Crippen molar-refractivity contribution in [2.45, 2.75) is 0 Å². The van der Waals surface area contributed by atoms with Gasteiger partial charge in [0.05, 0.1) is 0 Å². The molecular formula is C2H5N2S. The average molecular weight is 89.1 g/mol. The molecule has 1 aliphatic rings. The predicted octanol–water partition coefficient (Wildman–Crippen LogP) is -0.243. The van der Waals surface area contributed by atoms with E-state index in [0.29, 0.717) is 0 Å². The maximum absolute atomic E-state index is 3.89. The van der Waals surface area contributed by atoms with E-state index in [9.17, 15) is 0 Å². The highest BCUT2D eigenvalue weighted by Crippen LogP contribution is 1.91. The average Bonchev–Trinajstić information content (AvgIpc) is 1.76. The highest BCUT2D eigenvalue weighted by molar-refractivity contribution is 7.95. The molecule has 0 spiro atoms. The van der Waals surface area contributed by atoms with Crippen LogP contribution in [-0.4, -0.2) is 13.1 Å². The first-order valence-electron chi connectivity index (χ1n) is 1.56. The van der Waals surface area contributed by atoms with Crippen LogP contribution in [0, 0.1) is 0 Å². The van der Waals surface area contributed by atoms with E-state index in [4.69, 9.17) is 0 Å². The minimum absolute atomic E-state index is 0.977. The van der Waals surface area contributed by atoms with Crippen LogP contribution in [0.2, 0.25) is 0 Å². The van der Waals surface area contributed by atoms with Crippen molar-refractivity contribution in [1.82, 2.24) is 9.44 Å². The molecule has 1 radical (unpaired) electrons. The van der Waals surface area contributed by atoms with Crippen molar-refractivity contribution in [3.63, 3.8) is 0 Å². The van der Waals surface area contributed by atoms with Gasteiger partial charge in [0.15, 0.2) is 0 Å². The molecule has 0 aromatic carbocycles. The van der Waals surface area contributed by atoms with Crippen LogP contribution in [0.5, 0.6) is 0 Å². The van der Waals surface area contributed by atoms with Crippen molar-refractivity contribution >= 4 is 12.1 Å². The third-order valence-corrected chi connectivity index (χ3v) is 1.08.